The maximum Gasteiger partial charge on any atom is 0.311 e. The number of unbranched alkanes of at least 4 members (excludes halogenated alkanes) is 1. The minimum atomic E-state index is -0.954. The fraction of sp³-hybridized carbons (Fsp3) is 0.538. The maximum atomic E-state index is 12.2. The van der Waals surface area contributed by atoms with Crippen LogP contribution in [-0.2, 0) is 47.7 Å². The largest absolute Gasteiger partial charge is 0.466 e. The van der Waals surface area contributed by atoms with Crippen LogP contribution in [0.4, 0.5) is 5.69 Å². The van der Waals surface area contributed by atoms with Crippen molar-refractivity contribution in [1.29, 1.82) is 0 Å². The molecule has 0 spiro atoms. The first-order valence-corrected chi connectivity index (χ1v) is 12.1. The molecule has 0 bridgehead atoms. The van der Waals surface area contributed by atoms with E-state index in [0.29, 0.717) is 24.3 Å². The van der Waals surface area contributed by atoms with E-state index in [2.05, 4.69) is 5.32 Å². The number of carbonyl (C=O) groups is 6. The van der Waals surface area contributed by atoms with Gasteiger partial charge in [0.25, 0.3) is 0 Å². The molecule has 0 saturated carbocycles. The summed E-state index contributed by atoms with van der Waals surface area (Å²) in [6.45, 7) is 5.05. The summed E-state index contributed by atoms with van der Waals surface area (Å²) in [7, 11) is 0. The summed E-state index contributed by atoms with van der Waals surface area (Å²) in [6.07, 6.45) is -0.0383. The van der Waals surface area contributed by atoms with Crippen molar-refractivity contribution in [3.8, 4) is 5.75 Å². The van der Waals surface area contributed by atoms with Crippen LogP contribution in [0.2, 0.25) is 0 Å². The van der Waals surface area contributed by atoms with E-state index in [4.69, 9.17) is 23.7 Å². The van der Waals surface area contributed by atoms with E-state index in [-0.39, 0.29) is 50.9 Å². The maximum absolute atomic E-state index is 12.2. The van der Waals surface area contributed by atoms with Crippen molar-refractivity contribution in [2.24, 2.45) is 5.92 Å². The summed E-state index contributed by atoms with van der Waals surface area (Å²) < 4.78 is 25.2. The van der Waals surface area contributed by atoms with Gasteiger partial charge in [-0.15, -0.1) is 0 Å². The van der Waals surface area contributed by atoms with Crippen LogP contribution in [0, 0.1) is 5.92 Å². The predicted octanol–water partition coefficient (Wildman–Crippen LogP) is 2.72. The van der Waals surface area contributed by atoms with Gasteiger partial charge in [-0.25, -0.2) is 0 Å². The van der Waals surface area contributed by atoms with Crippen LogP contribution in [0.15, 0.2) is 24.3 Å². The van der Waals surface area contributed by atoms with E-state index in [1.54, 1.807) is 31.2 Å². The van der Waals surface area contributed by atoms with Crippen LogP contribution in [-0.4, -0.2) is 61.7 Å². The van der Waals surface area contributed by atoms with E-state index >= 15 is 0 Å². The Balaban J connectivity index is 2.25. The lowest BCUT2D eigenvalue weighted by Crippen LogP contribution is -2.30. The van der Waals surface area contributed by atoms with Gasteiger partial charge in [-0.2, -0.15) is 0 Å². The molecule has 38 heavy (non-hydrogen) atoms. The van der Waals surface area contributed by atoms with E-state index in [1.165, 1.54) is 20.8 Å². The molecule has 0 radical (unpaired) electrons. The summed E-state index contributed by atoms with van der Waals surface area (Å²) >= 11 is 0. The lowest BCUT2D eigenvalue weighted by Gasteiger charge is -2.18. The number of benzene rings is 1. The number of hydrogen-bond acceptors (Lipinski definition) is 11. The summed E-state index contributed by atoms with van der Waals surface area (Å²) in [5, 5.41) is 2.61. The van der Waals surface area contributed by atoms with Crippen molar-refractivity contribution in [1.82, 2.24) is 0 Å². The summed E-state index contributed by atoms with van der Waals surface area (Å²) in [5.74, 6) is -2.95. The molecule has 0 fully saturated rings. The van der Waals surface area contributed by atoms with E-state index in [0.717, 1.165) is 0 Å². The van der Waals surface area contributed by atoms with Crippen molar-refractivity contribution in [2.75, 3.05) is 25.1 Å². The van der Waals surface area contributed by atoms with Gasteiger partial charge in [0.15, 0.2) is 6.10 Å². The highest BCUT2D eigenvalue weighted by atomic mass is 16.6. The summed E-state index contributed by atoms with van der Waals surface area (Å²) in [4.78, 5) is 69.2. The predicted molar refractivity (Wildman–Crippen MR) is 133 cm³/mol. The van der Waals surface area contributed by atoms with Gasteiger partial charge in [-0.3, -0.25) is 28.8 Å². The molecule has 0 saturated heterocycles. The van der Waals surface area contributed by atoms with Crippen LogP contribution >= 0.6 is 0 Å². The number of nitrogens with one attached hydrogen (secondary N) is 1. The molecule has 0 aliphatic carbocycles. The monoisotopic (exact) mass is 537 g/mol. The zero-order valence-corrected chi connectivity index (χ0v) is 22.1. The molecule has 0 aliphatic rings. The zero-order chi connectivity index (χ0) is 28.5. The summed E-state index contributed by atoms with van der Waals surface area (Å²) in [6, 6.07) is 6.38. The number of amides is 1. The molecule has 1 rings (SSSR count). The normalized spacial score (nSPS) is 11.2. The minimum absolute atomic E-state index is 0.0236. The average Bonchev–Trinajstić information content (AvgIpc) is 2.81. The Hall–Kier alpha value is -3.96. The second kappa shape index (κ2) is 17.5. The first-order chi connectivity index (χ1) is 17.9. The molecule has 0 aromatic heterocycles. The fourth-order valence-corrected chi connectivity index (χ4v) is 3.02. The van der Waals surface area contributed by atoms with Crippen LogP contribution in [0.3, 0.4) is 0 Å². The summed E-state index contributed by atoms with van der Waals surface area (Å²) in [5.41, 5.74) is 0.591. The molecular formula is C26H35NO11. The number of anilines is 1. The molecule has 12 heteroatoms. The number of ether oxygens (including phenoxy) is 5. The van der Waals surface area contributed by atoms with E-state index in [1.807, 2.05) is 0 Å². The molecule has 1 amide bonds. The Kier molecular flexibility index (Phi) is 14.8. The lowest BCUT2D eigenvalue weighted by molar-refractivity contribution is -0.166. The van der Waals surface area contributed by atoms with Crippen molar-refractivity contribution >= 4 is 41.4 Å². The second-order valence-corrected chi connectivity index (χ2v) is 8.59. The van der Waals surface area contributed by atoms with Crippen LogP contribution < -0.4 is 10.1 Å². The zero-order valence-electron chi connectivity index (χ0n) is 22.1. The Morgan fingerprint density at radius 1 is 0.763 bits per heavy atom. The van der Waals surface area contributed by atoms with Gasteiger partial charge in [-0.1, -0.05) is 6.92 Å². The standard InChI is InChI=1S/C26H35NO11/c1-17(14-26(33)38-23(15-35-19(3)29)16-36-20(4)30)13-25(32)34-12-6-5-7-24(31)37-22-10-8-21(9-11-22)27-18(2)28/h8-11,17,23H,5-7,12-16H2,1-4H3,(H,27,28). The molecule has 0 heterocycles. The third-order valence-electron chi connectivity index (χ3n) is 4.72. The van der Waals surface area contributed by atoms with Crippen LogP contribution in [0.1, 0.15) is 59.8 Å². The SMILES string of the molecule is CC(=O)Nc1ccc(OC(=O)CCCCOC(=O)CC(C)CC(=O)OC(COC(C)=O)COC(C)=O)cc1. The topological polar surface area (TPSA) is 161 Å². The van der Waals surface area contributed by atoms with E-state index in [9.17, 15) is 28.8 Å². The second-order valence-electron chi connectivity index (χ2n) is 8.59. The number of carbonyl (C=O) groups excluding carboxylic acids is 6. The van der Waals surface area contributed by atoms with Crippen LogP contribution in [0.5, 0.6) is 5.75 Å². The molecule has 1 aromatic carbocycles. The molecular weight excluding hydrogens is 502 g/mol. The van der Waals surface area contributed by atoms with Gasteiger partial charge in [0.1, 0.15) is 19.0 Å². The van der Waals surface area contributed by atoms with Crippen molar-refractivity contribution < 1.29 is 52.5 Å². The Morgan fingerprint density at radius 3 is 1.89 bits per heavy atom. The molecule has 1 aromatic rings. The van der Waals surface area contributed by atoms with Crippen molar-refractivity contribution in [3.63, 3.8) is 0 Å². The highest BCUT2D eigenvalue weighted by molar-refractivity contribution is 5.88. The molecule has 0 aliphatic heterocycles. The lowest BCUT2D eigenvalue weighted by atomic mass is 10.0. The van der Waals surface area contributed by atoms with Crippen molar-refractivity contribution in [3.05, 3.63) is 24.3 Å². The number of esters is 5. The van der Waals surface area contributed by atoms with Gasteiger partial charge < -0.3 is 29.0 Å². The fourth-order valence-electron chi connectivity index (χ4n) is 3.02. The van der Waals surface area contributed by atoms with Gasteiger partial charge in [0, 0.05) is 45.7 Å². The minimum Gasteiger partial charge on any atom is -0.466 e. The molecule has 1 N–H and O–H groups in total. The van der Waals surface area contributed by atoms with Gasteiger partial charge in [0.2, 0.25) is 5.91 Å². The van der Waals surface area contributed by atoms with Crippen molar-refractivity contribution in [2.45, 2.75) is 65.9 Å². The first kappa shape index (κ1) is 32.1. The third-order valence-corrected chi connectivity index (χ3v) is 4.72. The Morgan fingerprint density at radius 2 is 1.34 bits per heavy atom. The molecule has 1 atom stereocenters. The first-order valence-electron chi connectivity index (χ1n) is 12.1. The smallest absolute Gasteiger partial charge is 0.311 e. The molecule has 210 valence electrons. The highest BCUT2D eigenvalue weighted by Gasteiger charge is 2.21. The number of rotatable bonds is 16. The Labute approximate surface area is 221 Å². The highest BCUT2D eigenvalue weighted by Crippen LogP contribution is 2.17. The molecule has 12 nitrogen and oxygen atoms in total. The quantitative estimate of drug-likeness (QED) is 0.143. The third kappa shape index (κ3) is 15.9. The average molecular weight is 538 g/mol. The van der Waals surface area contributed by atoms with Gasteiger partial charge in [-0.05, 0) is 43.0 Å². The van der Waals surface area contributed by atoms with Gasteiger partial charge >= 0.3 is 29.8 Å². The van der Waals surface area contributed by atoms with Gasteiger partial charge in [0.05, 0.1) is 6.61 Å². The van der Waals surface area contributed by atoms with Crippen LogP contribution in [0.25, 0.3) is 0 Å². The van der Waals surface area contributed by atoms with E-state index < -0.39 is 36.0 Å². The Bertz CT molecular complexity index is 940. The molecule has 1 unspecified atom stereocenters. The number of hydrogen-bond donors (Lipinski definition) is 1.